The van der Waals surface area contributed by atoms with E-state index in [0.717, 1.165) is 11.1 Å². The van der Waals surface area contributed by atoms with Crippen molar-refractivity contribution in [3.8, 4) is 0 Å². The van der Waals surface area contributed by atoms with Gasteiger partial charge >= 0.3 is 0 Å². The Kier molecular flexibility index (Phi) is 5.21. The van der Waals surface area contributed by atoms with E-state index in [4.69, 9.17) is 17.3 Å². The Bertz CT molecular complexity index is 615. The van der Waals surface area contributed by atoms with Crippen LogP contribution in [0.4, 0.5) is 10.1 Å². The van der Waals surface area contributed by atoms with Gasteiger partial charge in [-0.2, -0.15) is 0 Å². The average molecular weight is 307 g/mol. The van der Waals surface area contributed by atoms with Crippen LogP contribution in [0.3, 0.4) is 0 Å². The van der Waals surface area contributed by atoms with Crippen molar-refractivity contribution < 1.29 is 4.39 Å². The number of hydrogen-bond acceptors (Lipinski definition) is 2. The van der Waals surface area contributed by atoms with Gasteiger partial charge in [-0.15, -0.1) is 0 Å². The van der Waals surface area contributed by atoms with Crippen molar-refractivity contribution in [1.82, 2.24) is 0 Å². The van der Waals surface area contributed by atoms with Crippen LogP contribution in [0.5, 0.6) is 0 Å². The van der Waals surface area contributed by atoms with Crippen LogP contribution >= 0.6 is 11.6 Å². The van der Waals surface area contributed by atoms with Crippen molar-refractivity contribution in [3.63, 3.8) is 0 Å². The summed E-state index contributed by atoms with van der Waals surface area (Å²) in [6.45, 7) is 2.55. The Labute approximate surface area is 130 Å². The molecule has 1 unspecified atom stereocenters. The third kappa shape index (κ3) is 3.74. The van der Waals surface area contributed by atoms with Gasteiger partial charge < -0.3 is 10.6 Å². The molecule has 2 aromatic rings. The first-order valence-corrected chi connectivity index (χ1v) is 7.37. The van der Waals surface area contributed by atoms with Gasteiger partial charge in [-0.3, -0.25) is 0 Å². The van der Waals surface area contributed by atoms with Gasteiger partial charge in [0.1, 0.15) is 5.82 Å². The number of nitrogens with two attached hydrogens (primary N) is 1. The molecule has 0 bridgehead atoms. The van der Waals surface area contributed by atoms with Gasteiger partial charge in [0.25, 0.3) is 0 Å². The van der Waals surface area contributed by atoms with E-state index in [0.29, 0.717) is 23.7 Å². The predicted molar refractivity (Wildman–Crippen MR) is 87.4 cm³/mol. The topological polar surface area (TPSA) is 29.3 Å². The summed E-state index contributed by atoms with van der Waals surface area (Å²) < 4.78 is 14.3. The largest absolute Gasteiger partial charge is 0.365 e. The highest BCUT2D eigenvalue weighted by Gasteiger charge is 2.16. The van der Waals surface area contributed by atoms with Crippen molar-refractivity contribution >= 4 is 17.3 Å². The first-order valence-electron chi connectivity index (χ1n) is 6.99. The van der Waals surface area contributed by atoms with E-state index < -0.39 is 0 Å². The minimum atomic E-state index is -0.225. The fourth-order valence-corrected chi connectivity index (χ4v) is 2.56. The molecule has 2 rings (SSSR count). The lowest BCUT2D eigenvalue weighted by Crippen LogP contribution is -2.22. The van der Waals surface area contributed by atoms with Crippen LogP contribution in [0.25, 0.3) is 0 Å². The Morgan fingerprint density at radius 1 is 1.24 bits per heavy atom. The lowest BCUT2D eigenvalue weighted by atomic mass is 10.1. The van der Waals surface area contributed by atoms with Crippen LogP contribution in [0.1, 0.15) is 24.1 Å². The molecule has 0 heterocycles. The van der Waals surface area contributed by atoms with Crippen LogP contribution in [0.15, 0.2) is 42.5 Å². The number of rotatable bonds is 5. The molecule has 0 amide bonds. The third-order valence-corrected chi connectivity index (χ3v) is 3.97. The summed E-state index contributed by atoms with van der Waals surface area (Å²) >= 11 is 6.02. The molecule has 2 aromatic carbocycles. The number of anilines is 1. The van der Waals surface area contributed by atoms with Gasteiger partial charge in [0.15, 0.2) is 0 Å². The number of halogens is 2. The molecule has 0 spiro atoms. The van der Waals surface area contributed by atoms with E-state index in [1.165, 1.54) is 0 Å². The summed E-state index contributed by atoms with van der Waals surface area (Å²) in [5.74, 6) is -0.225. The summed E-state index contributed by atoms with van der Waals surface area (Å²) in [6.07, 6.45) is 0.685. The Balaban J connectivity index is 2.25. The highest BCUT2D eigenvalue weighted by atomic mass is 35.5. The van der Waals surface area contributed by atoms with E-state index >= 15 is 0 Å². The fraction of sp³-hybridized carbons (Fsp3) is 0.294. The van der Waals surface area contributed by atoms with Gasteiger partial charge in [-0.25, -0.2) is 4.39 Å². The maximum absolute atomic E-state index is 14.3. The van der Waals surface area contributed by atoms with Crippen molar-refractivity contribution in [2.24, 2.45) is 5.73 Å². The summed E-state index contributed by atoms with van der Waals surface area (Å²) in [5, 5.41) is 0.687. The van der Waals surface area contributed by atoms with Crippen LogP contribution in [0.2, 0.25) is 5.02 Å². The molecule has 0 aliphatic rings. The number of nitrogens with zero attached hydrogens (tertiary/aromatic N) is 1. The lowest BCUT2D eigenvalue weighted by Gasteiger charge is -2.28. The molecule has 21 heavy (non-hydrogen) atoms. The maximum Gasteiger partial charge on any atom is 0.146 e. The van der Waals surface area contributed by atoms with E-state index in [9.17, 15) is 4.39 Å². The molecular weight excluding hydrogens is 287 g/mol. The van der Waals surface area contributed by atoms with Crippen molar-refractivity contribution in [1.29, 1.82) is 0 Å². The molecule has 1 atom stereocenters. The standard InChI is InChI=1S/C17H20ClFN2/c1-12(14-4-3-5-15(18)11-14)21(2)17-7-6-13(8-9-20)10-16(17)19/h3-7,10-12H,8-9,20H2,1-2H3. The molecule has 0 saturated heterocycles. The van der Waals surface area contributed by atoms with Gasteiger partial charge in [0.05, 0.1) is 11.7 Å². The Morgan fingerprint density at radius 3 is 2.62 bits per heavy atom. The molecule has 0 saturated carbocycles. The van der Waals surface area contributed by atoms with Gasteiger partial charge in [-0.1, -0.05) is 29.8 Å². The fourth-order valence-electron chi connectivity index (χ4n) is 2.36. The minimum Gasteiger partial charge on any atom is -0.365 e. The minimum absolute atomic E-state index is 0.0264. The quantitative estimate of drug-likeness (QED) is 0.898. The Hall–Kier alpha value is -1.58. The van der Waals surface area contributed by atoms with Crippen LogP contribution in [-0.4, -0.2) is 13.6 Å². The molecule has 2 N–H and O–H groups in total. The molecule has 0 fully saturated rings. The molecule has 0 radical (unpaired) electrons. The zero-order valence-electron chi connectivity index (χ0n) is 12.3. The lowest BCUT2D eigenvalue weighted by molar-refractivity contribution is 0.609. The van der Waals surface area contributed by atoms with E-state index in [2.05, 4.69) is 0 Å². The van der Waals surface area contributed by atoms with Crippen molar-refractivity contribution in [2.75, 3.05) is 18.5 Å². The third-order valence-electron chi connectivity index (χ3n) is 3.74. The molecular formula is C17H20ClFN2. The monoisotopic (exact) mass is 306 g/mol. The van der Waals surface area contributed by atoms with E-state index in [1.54, 1.807) is 12.1 Å². The molecule has 112 valence electrons. The normalized spacial score (nSPS) is 12.2. The van der Waals surface area contributed by atoms with Crippen molar-refractivity contribution in [2.45, 2.75) is 19.4 Å². The molecule has 0 aromatic heterocycles. The highest BCUT2D eigenvalue weighted by Crippen LogP contribution is 2.29. The molecule has 0 aliphatic carbocycles. The molecule has 2 nitrogen and oxygen atoms in total. The summed E-state index contributed by atoms with van der Waals surface area (Å²) in [5.41, 5.74) is 8.04. The van der Waals surface area contributed by atoms with Gasteiger partial charge in [-0.05, 0) is 55.3 Å². The highest BCUT2D eigenvalue weighted by molar-refractivity contribution is 6.30. The first-order chi connectivity index (χ1) is 10.0. The van der Waals surface area contributed by atoms with E-state index in [1.807, 2.05) is 49.2 Å². The van der Waals surface area contributed by atoms with Crippen molar-refractivity contribution in [3.05, 3.63) is 64.4 Å². The molecule has 4 heteroatoms. The second-order valence-electron chi connectivity index (χ2n) is 5.17. The van der Waals surface area contributed by atoms with Crippen LogP contribution < -0.4 is 10.6 Å². The summed E-state index contributed by atoms with van der Waals surface area (Å²) in [6, 6.07) is 13.0. The number of hydrogen-bond donors (Lipinski definition) is 1. The summed E-state index contributed by atoms with van der Waals surface area (Å²) in [4.78, 5) is 1.91. The second-order valence-corrected chi connectivity index (χ2v) is 5.60. The maximum atomic E-state index is 14.3. The average Bonchev–Trinajstić information content (AvgIpc) is 2.46. The predicted octanol–water partition coefficient (Wildman–Crippen LogP) is 4.18. The number of benzene rings is 2. The van der Waals surface area contributed by atoms with Crippen LogP contribution in [-0.2, 0) is 6.42 Å². The summed E-state index contributed by atoms with van der Waals surface area (Å²) in [7, 11) is 1.88. The van der Waals surface area contributed by atoms with Gasteiger partial charge in [0.2, 0.25) is 0 Å². The Morgan fingerprint density at radius 2 is 2.00 bits per heavy atom. The first kappa shape index (κ1) is 15.8. The zero-order valence-corrected chi connectivity index (χ0v) is 13.1. The van der Waals surface area contributed by atoms with Gasteiger partial charge in [0, 0.05) is 12.1 Å². The zero-order chi connectivity index (χ0) is 15.4. The van der Waals surface area contributed by atoms with E-state index in [-0.39, 0.29) is 11.9 Å². The van der Waals surface area contributed by atoms with Crippen LogP contribution in [0, 0.1) is 5.82 Å². The smallest absolute Gasteiger partial charge is 0.146 e. The molecule has 0 aliphatic heterocycles. The SMILES string of the molecule is CC(c1cccc(Cl)c1)N(C)c1ccc(CCN)cc1F. The second kappa shape index (κ2) is 6.92.